The molecule has 0 bridgehead atoms. The SMILES string of the molecule is NCCc1cc(Br)cnc1Cl. The van der Waals surface area contributed by atoms with E-state index in [0.717, 1.165) is 16.5 Å². The predicted molar refractivity (Wildman–Crippen MR) is 49.7 cm³/mol. The van der Waals surface area contributed by atoms with E-state index in [-0.39, 0.29) is 0 Å². The van der Waals surface area contributed by atoms with Gasteiger partial charge in [-0.05, 0) is 40.5 Å². The average molecular weight is 236 g/mol. The summed E-state index contributed by atoms with van der Waals surface area (Å²) in [6.07, 6.45) is 2.44. The molecular weight excluding hydrogens is 227 g/mol. The van der Waals surface area contributed by atoms with E-state index in [2.05, 4.69) is 20.9 Å². The van der Waals surface area contributed by atoms with E-state index in [1.54, 1.807) is 6.20 Å². The van der Waals surface area contributed by atoms with Crippen LogP contribution in [0.4, 0.5) is 0 Å². The Balaban J connectivity index is 2.93. The van der Waals surface area contributed by atoms with Gasteiger partial charge < -0.3 is 5.73 Å². The molecule has 0 aliphatic carbocycles. The molecule has 11 heavy (non-hydrogen) atoms. The van der Waals surface area contributed by atoms with E-state index in [9.17, 15) is 0 Å². The third-order valence-electron chi connectivity index (χ3n) is 1.29. The van der Waals surface area contributed by atoms with Crippen molar-refractivity contribution in [2.45, 2.75) is 6.42 Å². The quantitative estimate of drug-likeness (QED) is 0.797. The summed E-state index contributed by atoms with van der Waals surface area (Å²) < 4.78 is 0.936. The number of nitrogens with zero attached hydrogens (tertiary/aromatic N) is 1. The fraction of sp³-hybridized carbons (Fsp3) is 0.286. The zero-order chi connectivity index (χ0) is 8.27. The number of nitrogens with two attached hydrogens (primary N) is 1. The summed E-state index contributed by atoms with van der Waals surface area (Å²) in [6.45, 7) is 0.595. The minimum atomic E-state index is 0.540. The number of aromatic nitrogens is 1. The Morgan fingerprint density at radius 2 is 2.36 bits per heavy atom. The number of rotatable bonds is 2. The average Bonchev–Trinajstić information content (AvgIpc) is 1.98. The van der Waals surface area contributed by atoms with Gasteiger partial charge in [-0.25, -0.2) is 4.98 Å². The van der Waals surface area contributed by atoms with E-state index < -0.39 is 0 Å². The molecule has 0 aromatic carbocycles. The van der Waals surface area contributed by atoms with Crippen LogP contribution in [0.25, 0.3) is 0 Å². The first-order valence-electron chi connectivity index (χ1n) is 3.24. The molecule has 0 saturated carbocycles. The minimum Gasteiger partial charge on any atom is -0.330 e. The van der Waals surface area contributed by atoms with Crippen molar-refractivity contribution >= 4 is 27.5 Å². The van der Waals surface area contributed by atoms with Crippen LogP contribution in [0.15, 0.2) is 16.7 Å². The lowest BCUT2D eigenvalue weighted by atomic mass is 10.2. The van der Waals surface area contributed by atoms with E-state index in [0.29, 0.717) is 11.7 Å². The summed E-state index contributed by atoms with van der Waals surface area (Å²) in [7, 11) is 0. The highest BCUT2D eigenvalue weighted by atomic mass is 79.9. The zero-order valence-electron chi connectivity index (χ0n) is 5.85. The number of hydrogen-bond donors (Lipinski definition) is 1. The van der Waals surface area contributed by atoms with Gasteiger partial charge in [0, 0.05) is 10.7 Å². The fourth-order valence-corrected chi connectivity index (χ4v) is 1.37. The Hall–Kier alpha value is -0.120. The normalized spacial score (nSPS) is 10.1. The molecule has 60 valence electrons. The molecule has 0 aliphatic heterocycles. The monoisotopic (exact) mass is 234 g/mol. The Morgan fingerprint density at radius 3 is 3.00 bits per heavy atom. The Bertz CT molecular complexity index is 252. The smallest absolute Gasteiger partial charge is 0.132 e. The number of halogens is 2. The van der Waals surface area contributed by atoms with Crippen LogP contribution in [-0.4, -0.2) is 11.5 Å². The third-order valence-corrected chi connectivity index (χ3v) is 2.07. The van der Waals surface area contributed by atoms with Gasteiger partial charge in [-0.3, -0.25) is 0 Å². The highest BCUT2D eigenvalue weighted by Gasteiger charge is 2.00. The molecule has 0 fully saturated rings. The molecular formula is C7H8BrClN2. The number of pyridine rings is 1. The maximum absolute atomic E-state index is 5.79. The summed E-state index contributed by atoms with van der Waals surface area (Å²) in [5.41, 5.74) is 6.37. The van der Waals surface area contributed by atoms with E-state index in [1.165, 1.54) is 0 Å². The van der Waals surface area contributed by atoms with Crippen molar-refractivity contribution in [3.05, 3.63) is 27.5 Å². The first kappa shape index (κ1) is 8.97. The number of hydrogen-bond acceptors (Lipinski definition) is 2. The molecule has 1 aromatic heterocycles. The van der Waals surface area contributed by atoms with Gasteiger partial charge in [0.25, 0.3) is 0 Å². The molecule has 0 amide bonds. The van der Waals surface area contributed by atoms with Crippen molar-refractivity contribution in [1.29, 1.82) is 0 Å². The molecule has 0 radical (unpaired) electrons. The maximum Gasteiger partial charge on any atom is 0.132 e. The molecule has 0 aliphatic rings. The fourth-order valence-electron chi connectivity index (χ4n) is 0.795. The van der Waals surface area contributed by atoms with Crippen molar-refractivity contribution in [1.82, 2.24) is 4.98 Å². The summed E-state index contributed by atoms with van der Waals surface area (Å²) in [6, 6.07) is 1.93. The zero-order valence-corrected chi connectivity index (χ0v) is 8.19. The minimum absolute atomic E-state index is 0.540. The molecule has 0 spiro atoms. The van der Waals surface area contributed by atoms with Crippen LogP contribution in [0, 0.1) is 0 Å². The summed E-state index contributed by atoms with van der Waals surface area (Å²) >= 11 is 9.09. The van der Waals surface area contributed by atoms with E-state index >= 15 is 0 Å². The van der Waals surface area contributed by atoms with E-state index in [4.69, 9.17) is 17.3 Å². The highest BCUT2D eigenvalue weighted by molar-refractivity contribution is 9.10. The van der Waals surface area contributed by atoms with Crippen molar-refractivity contribution in [3.63, 3.8) is 0 Å². The van der Waals surface area contributed by atoms with Gasteiger partial charge >= 0.3 is 0 Å². The largest absolute Gasteiger partial charge is 0.330 e. The maximum atomic E-state index is 5.79. The van der Waals surface area contributed by atoms with Gasteiger partial charge in [0.2, 0.25) is 0 Å². The third kappa shape index (κ3) is 2.43. The van der Waals surface area contributed by atoms with Crippen LogP contribution >= 0.6 is 27.5 Å². The lowest BCUT2D eigenvalue weighted by Crippen LogP contribution is -2.03. The van der Waals surface area contributed by atoms with Crippen LogP contribution in [0.2, 0.25) is 5.15 Å². The lowest BCUT2D eigenvalue weighted by Gasteiger charge is -2.00. The molecule has 4 heteroatoms. The van der Waals surface area contributed by atoms with Crippen LogP contribution in [0.5, 0.6) is 0 Å². The lowest BCUT2D eigenvalue weighted by molar-refractivity contribution is 0.957. The molecule has 1 aromatic rings. The first-order valence-corrected chi connectivity index (χ1v) is 4.41. The molecule has 0 atom stereocenters. The Kier molecular flexibility index (Phi) is 3.30. The van der Waals surface area contributed by atoms with Crippen molar-refractivity contribution < 1.29 is 0 Å². The highest BCUT2D eigenvalue weighted by Crippen LogP contribution is 2.17. The van der Waals surface area contributed by atoms with Gasteiger partial charge in [-0.2, -0.15) is 0 Å². The summed E-state index contributed by atoms with van der Waals surface area (Å²) in [4.78, 5) is 3.96. The van der Waals surface area contributed by atoms with Gasteiger partial charge in [0.15, 0.2) is 0 Å². The second kappa shape index (κ2) is 4.04. The van der Waals surface area contributed by atoms with Crippen LogP contribution in [0.3, 0.4) is 0 Å². The van der Waals surface area contributed by atoms with Crippen molar-refractivity contribution in [2.75, 3.05) is 6.54 Å². The molecule has 2 nitrogen and oxygen atoms in total. The Labute approximate surface area is 78.9 Å². The second-order valence-electron chi connectivity index (χ2n) is 2.14. The van der Waals surface area contributed by atoms with Gasteiger partial charge in [0.1, 0.15) is 5.15 Å². The van der Waals surface area contributed by atoms with Crippen LogP contribution in [-0.2, 0) is 6.42 Å². The second-order valence-corrected chi connectivity index (χ2v) is 3.42. The van der Waals surface area contributed by atoms with Crippen LogP contribution in [0.1, 0.15) is 5.56 Å². The van der Waals surface area contributed by atoms with Gasteiger partial charge in [0.05, 0.1) is 0 Å². The van der Waals surface area contributed by atoms with Crippen molar-refractivity contribution in [2.24, 2.45) is 5.73 Å². The molecule has 2 N–H and O–H groups in total. The van der Waals surface area contributed by atoms with Crippen molar-refractivity contribution in [3.8, 4) is 0 Å². The summed E-state index contributed by atoms with van der Waals surface area (Å²) in [5.74, 6) is 0. The van der Waals surface area contributed by atoms with Crippen LogP contribution < -0.4 is 5.73 Å². The topological polar surface area (TPSA) is 38.9 Å². The van der Waals surface area contributed by atoms with E-state index in [1.807, 2.05) is 6.07 Å². The summed E-state index contributed by atoms with van der Waals surface area (Å²) in [5, 5.41) is 0.540. The standard InChI is InChI=1S/C7H8BrClN2/c8-6-3-5(1-2-10)7(9)11-4-6/h3-4H,1-2,10H2. The Morgan fingerprint density at radius 1 is 1.64 bits per heavy atom. The predicted octanol–water partition coefficient (Wildman–Crippen LogP) is 2.00. The van der Waals surface area contributed by atoms with Gasteiger partial charge in [-0.1, -0.05) is 11.6 Å². The molecule has 0 unspecified atom stereocenters. The van der Waals surface area contributed by atoms with Gasteiger partial charge in [-0.15, -0.1) is 0 Å². The first-order chi connectivity index (χ1) is 5.24. The molecule has 1 heterocycles. The molecule has 1 rings (SSSR count). The molecule has 0 saturated heterocycles.